The molecule has 4 nitrogen and oxygen atoms in total. The number of anilines is 1. The summed E-state index contributed by atoms with van der Waals surface area (Å²) in [4.78, 5) is 4.42. The molecule has 0 spiro atoms. The molecule has 1 N–H and O–H groups in total. The van der Waals surface area contributed by atoms with E-state index in [9.17, 15) is 0 Å². The number of fused-ring (bicyclic) bond motifs is 1. The molecule has 0 saturated heterocycles. The van der Waals surface area contributed by atoms with Gasteiger partial charge < -0.3 is 5.32 Å². The number of nitrogens with zero attached hydrogens (tertiary/aromatic N) is 3. The van der Waals surface area contributed by atoms with Crippen LogP contribution in [0.25, 0.3) is 0 Å². The van der Waals surface area contributed by atoms with Crippen molar-refractivity contribution in [3.63, 3.8) is 0 Å². The molecule has 2 heterocycles. The zero-order valence-electron chi connectivity index (χ0n) is 10.1. The second kappa shape index (κ2) is 3.87. The second-order valence-electron chi connectivity index (χ2n) is 4.63. The Kier molecular flexibility index (Phi) is 2.35. The van der Waals surface area contributed by atoms with Gasteiger partial charge in [0.25, 0.3) is 0 Å². The summed E-state index contributed by atoms with van der Waals surface area (Å²) in [5, 5.41) is 7.86. The zero-order valence-corrected chi connectivity index (χ0v) is 10.1. The quantitative estimate of drug-likeness (QED) is 0.815. The predicted molar refractivity (Wildman–Crippen MR) is 67.0 cm³/mol. The van der Waals surface area contributed by atoms with E-state index in [1.165, 1.54) is 5.56 Å². The van der Waals surface area contributed by atoms with E-state index in [0.29, 0.717) is 12.1 Å². The molecule has 1 aliphatic rings. The molecule has 0 bridgehead atoms. The molecule has 3 rings (SSSR count). The van der Waals surface area contributed by atoms with Gasteiger partial charge in [-0.25, -0.2) is 4.68 Å². The standard InChI is InChI=1S/C13H16N4/c1-9-8-12(11-6-4-3-5-7-11)17-13(14-9)15-10(2)16-17/h3-7,9,12H,8H2,1-2H3,(H,14,15,16)/t9-,12-/m1/s1. The normalized spacial score (nSPS) is 22.9. The Balaban J connectivity index is 2.06. The molecule has 4 heteroatoms. The van der Waals surface area contributed by atoms with Gasteiger partial charge in [0.2, 0.25) is 5.95 Å². The topological polar surface area (TPSA) is 42.7 Å². The molecule has 0 amide bonds. The van der Waals surface area contributed by atoms with Gasteiger partial charge in [-0.15, -0.1) is 0 Å². The maximum Gasteiger partial charge on any atom is 0.222 e. The Labute approximate surface area is 101 Å². The van der Waals surface area contributed by atoms with Crippen LogP contribution in [0.4, 0.5) is 5.95 Å². The highest BCUT2D eigenvalue weighted by atomic mass is 15.4. The Morgan fingerprint density at radius 1 is 1.29 bits per heavy atom. The summed E-state index contributed by atoms with van der Waals surface area (Å²) in [7, 11) is 0. The lowest BCUT2D eigenvalue weighted by atomic mass is 9.99. The van der Waals surface area contributed by atoms with Gasteiger partial charge in [-0.05, 0) is 25.8 Å². The van der Waals surface area contributed by atoms with Crippen molar-refractivity contribution in [3.8, 4) is 0 Å². The molecule has 88 valence electrons. The fraction of sp³-hybridized carbons (Fsp3) is 0.385. The van der Waals surface area contributed by atoms with Crippen LogP contribution in [0.1, 0.15) is 30.8 Å². The van der Waals surface area contributed by atoms with E-state index in [1.807, 2.05) is 17.7 Å². The molecule has 0 unspecified atom stereocenters. The van der Waals surface area contributed by atoms with Crippen molar-refractivity contribution in [2.45, 2.75) is 32.4 Å². The minimum Gasteiger partial charge on any atom is -0.352 e. The van der Waals surface area contributed by atoms with E-state index in [1.54, 1.807) is 0 Å². The van der Waals surface area contributed by atoms with Crippen molar-refractivity contribution in [1.82, 2.24) is 14.8 Å². The van der Waals surface area contributed by atoms with Crippen molar-refractivity contribution in [3.05, 3.63) is 41.7 Å². The Bertz CT molecular complexity index is 517. The van der Waals surface area contributed by atoms with Crippen LogP contribution < -0.4 is 5.32 Å². The van der Waals surface area contributed by atoms with Crippen LogP contribution in [0, 0.1) is 6.92 Å². The molecule has 0 saturated carbocycles. The van der Waals surface area contributed by atoms with E-state index >= 15 is 0 Å². The van der Waals surface area contributed by atoms with Gasteiger partial charge in [-0.2, -0.15) is 10.1 Å². The Morgan fingerprint density at radius 3 is 2.82 bits per heavy atom. The van der Waals surface area contributed by atoms with Crippen LogP contribution in [-0.2, 0) is 0 Å². The van der Waals surface area contributed by atoms with Gasteiger partial charge in [0.1, 0.15) is 5.82 Å². The van der Waals surface area contributed by atoms with Crippen LogP contribution in [0.2, 0.25) is 0 Å². The molecule has 1 aromatic carbocycles. The Morgan fingerprint density at radius 2 is 2.06 bits per heavy atom. The van der Waals surface area contributed by atoms with Crippen LogP contribution >= 0.6 is 0 Å². The van der Waals surface area contributed by atoms with Gasteiger partial charge in [-0.3, -0.25) is 0 Å². The van der Waals surface area contributed by atoms with Crippen LogP contribution in [0.15, 0.2) is 30.3 Å². The zero-order chi connectivity index (χ0) is 11.8. The summed E-state index contributed by atoms with van der Waals surface area (Å²) in [6, 6.07) is 11.2. The van der Waals surface area contributed by atoms with Crippen molar-refractivity contribution in [2.75, 3.05) is 5.32 Å². The minimum absolute atomic E-state index is 0.295. The van der Waals surface area contributed by atoms with Crippen molar-refractivity contribution in [1.29, 1.82) is 0 Å². The lowest BCUT2D eigenvalue weighted by Crippen LogP contribution is -2.31. The van der Waals surface area contributed by atoms with Gasteiger partial charge in [0.05, 0.1) is 6.04 Å². The second-order valence-corrected chi connectivity index (χ2v) is 4.63. The number of aromatic nitrogens is 3. The van der Waals surface area contributed by atoms with E-state index in [2.05, 4.69) is 46.6 Å². The maximum atomic E-state index is 4.49. The van der Waals surface area contributed by atoms with E-state index < -0.39 is 0 Å². The van der Waals surface area contributed by atoms with Gasteiger partial charge >= 0.3 is 0 Å². The summed E-state index contributed by atoms with van der Waals surface area (Å²) in [6.45, 7) is 4.11. The first-order chi connectivity index (χ1) is 8.24. The summed E-state index contributed by atoms with van der Waals surface area (Å²) in [6.07, 6.45) is 1.04. The predicted octanol–water partition coefficient (Wildman–Crippen LogP) is 2.38. The summed E-state index contributed by atoms with van der Waals surface area (Å²) in [5.74, 6) is 1.71. The Hall–Kier alpha value is -1.84. The average Bonchev–Trinajstić information content (AvgIpc) is 2.69. The van der Waals surface area contributed by atoms with Crippen molar-refractivity contribution < 1.29 is 0 Å². The number of hydrogen-bond donors (Lipinski definition) is 1. The average molecular weight is 228 g/mol. The lowest BCUT2D eigenvalue weighted by molar-refractivity contribution is 0.436. The van der Waals surface area contributed by atoms with Gasteiger partial charge in [0, 0.05) is 6.04 Å². The highest BCUT2D eigenvalue weighted by Crippen LogP contribution is 2.30. The van der Waals surface area contributed by atoms with Gasteiger partial charge in [-0.1, -0.05) is 30.3 Å². The summed E-state index contributed by atoms with van der Waals surface area (Å²) >= 11 is 0. The van der Waals surface area contributed by atoms with E-state index in [4.69, 9.17) is 0 Å². The number of aryl methyl sites for hydroxylation is 1. The third-order valence-corrected chi connectivity index (χ3v) is 3.17. The summed E-state index contributed by atoms with van der Waals surface area (Å²) in [5.41, 5.74) is 1.30. The monoisotopic (exact) mass is 228 g/mol. The van der Waals surface area contributed by atoms with E-state index in [-0.39, 0.29) is 0 Å². The van der Waals surface area contributed by atoms with Crippen molar-refractivity contribution in [2.24, 2.45) is 0 Å². The number of hydrogen-bond acceptors (Lipinski definition) is 3. The highest BCUT2D eigenvalue weighted by Gasteiger charge is 2.27. The fourth-order valence-corrected chi connectivity index (χ4v) is 2.41. The molecule has 1 aromatic heterocycles. The molecular formula is C13H16N4. The number of nitrogens with one attached hydrogen (secondary N) is 1. The molecular weight excluding hydrogens is 212 g/mol. The van der Waals surface area contributed by atoms with Crippen LogP contribution in [0.5, 0.6) is 0 Å². The molecule has 17 heavy (non-hydrogen) atoms. The largest absolute Gasteiger partial charge is 0.352 e. The highest BCUT2D eigenvalue weighted by molar-refractivity contribution is 5.34. The smallest absolute Gasteiger partial charge is 0.222 e. The SMILES string of the molecule is Cc1nc2n(n1)[C@@H](c1ccccc1)C[C@@H](C)N2. The first kappa shape index (κ1) is 10.3. The number of rotatable bonds is 1. The molecule has 1 aliphatic heterocycles. The molecule has 2 aromatic rings. The maximum absolute atomic E-state index is 4.49. The first-order valence-electron chi connectivity index (χ1n) is 5.98. The molecule has 0 radical (unpaired) electrons. The third kappa shape index (κ3) is 1.79. The summed E-state index contributed by atoms with van der Waals surface area (Å²) < 4.78 is 2.00. The number of benzene rings is 1. The fourth-order valence-electron chi connectivity index (χ4n) is 2.41. The van der Waals surface area contributed by atoms with Crippen molar-refractivity contribution >= 4 is 5.95 Å². The van der Waals surface area contributed by atoms with Gasteiger partial charge in [0.15, 0.2) is 0 Å². The molecule has 0 fully saturated rings. The molecule has 0 aliphatic carbocycles. The van der Waals surface area contributed by atoms with Crippen LogP contribution in [-0.4, -0.2) is 20.8 Å². The minimum atomic E-state index is 0.295. The van der Waals surface area contributed by atoms with Crippen LogP contribution in [0.3, 0.4) is 0 Å². The third-order valence-electron chi connectivity index (χ3n) is 3.17. The molecule has 2 atom stereocenters. The first-order valence-corrected chi connectivity index (χ1v) is 5.98. The van der Waals surface area contributed by atoms with E-state index in [0.717, 1.165) is 18.2 Å². The lowest BCUT2D eigenvalue weighted by Gasteiger charge is -2.29.